The van der Waals surface area contributed by atoms with Crippen LogP contribution in [0.1, 0.15) is 27.2 Å². The first-order valence-corrected chi connectivity index (χ1v) is 9.42. The molecule has 11 nitrogen and oxygen atoms in total. The SMILES string of the molecule is CCC(C)C(NC(=O)C(CS)NC(=O)C(NC(=O)C(N)CO)C(C)O)C(=O)O. The monoisotopic (exact) mass is 422 g/mol. The van der Waals surface area contributed by atoms with Gasteiger partial charge in [-0.1, -0.05) is 20.3 Å². The number of aliphatic carboxylic acids is 1. The van der Waals surface area contributed by atoms with Crippen LogP contribution in [-0.2, 0) is 19.2 Å². The molecule has 0 aromatic rings. The Labute approximate surface area is 168 Å². The maximum Gasteiger partial charge on any atom is 0.326 e. The van der Waals surface area contributed by atoms with Crippen molar-refractivity contribution in [2.75, 3.05) is 12.4 Å². The van der Waals surface area contributed by atoms with Crippen LogP contribution in [0.15, 0.2) is 0 Å². The molecule has 0 aliphatic heterocycles. The van der Waals surface area contributed by atoms with Gasteiger partial charge < -0.3 is 37.0 Å². The fourth-order valence-electron chi connectivity index (χ4n) is 2.14. The second-order valence-corrected chi connectivity index (χ2v) is 6.83. The molecule has 0 aliphatic rings. The molecule has 3 amide bonds. The zero-order chi connectivity index (χ0) is 22.0. The van der Waals surface area contributed by atoms with Crippen LogP contribution < -0.4 is 21.7 Å². The molecule has 0 aliphatic carbocycles. The molecule has 12 heteroatoms. The maximum atomic E-state index is 12.4. The highest BCUT2D eigenvalue weighted by molar-refractivity contribution is 7.80. The van der Waals surface area contributed by atoms with Gasteiger partial charge in [0.15, 0.2) is 0 Å². The third kappa shape index (κ3) is 8.00. The summed E-state index contributed by atoms with van der Waals surface area (Å²) >= 11 is 3.99. The van der Waals surface area contributed by atoms with Crippen molar-refractivity contribution in [1.82, 2.24) is 16.0 Å². The number of nitrogens with one attached hydrogen (secondary N) is 3. The Kier molecular flexibility index (Phi) is 11.7. The van der Waals surface area contributed by atoms with Crippen LogP contribution in [0.25, 0.3) is 0 Å². The van der Waals surface area contributed by atoms with Gasteiger partial charge in [0.1, 0.15) is 24.2 Å². The molecule has 0 aromatic carbocycles. The number of carboxylic acid groups (broad SMARTS) is 1. The van der Waals surface area contributed by atoms with Crippen molar-refractivity contribution in [3.63, 3.8) is 0 Å². The number of thiol groups is 1. The van der Waals surface area contributed by atoms with E-state index in [4.69, 9.17) is 10.8 Å². The first-order valence-electron chi connectivity index (χ1n) is 8.79. The van der Waals surface area contributed by atoms with Crippen molar-refractivity contribution in [2.24, 2.45) is 11.7 Å². The molecule has 0 radical (unpaired) electrons. The molecule has 0 spiro atoms. The number of aliphatic hydroxyl groups excluding tert-OH is 2. The first-order chi connectivity index (χ1) is 13.0. The lowest BCUT2D eigenvalue weighted by Gasteiger charge is -2.26. The number of aliphatic hydroxyl groups is 2. The van der Waals surface area contributed by atoms with Gasteiger partial charge in [0, 0.05) is 5.75 Å². The summed E-state index contributed by atoms with van der Waals surface area (Å²) in [5.74, 6) is -4.22. The van der Waals surface area contributed by atoms with Gasteiger partial charge in [-0.3, -0.25) is 14.4 Å². The molecule has 0 heterocycles. The lowest BCUT2D eigenvalue weighted by atomic mass is 9.99. The van der Waals surface area contributed by atoms with Crippen molar-refractivity contribution in [3.8, 4) is 0 Å². The molecular formula is C16H30N4O7S. The lowest BCUT2D eigenvalue weighted by molar-refractivity contribution is -0.143. The van der Waals surface area contributed by atoms with Crippen LogP contribution in [0.4, 0.5) is 0 Å². The summed E-state index contributed by atoms with van der Waals surface area (Å²) in [5.41, 5.74) is 5.36. The van der Waals surface area contributed by atoms with E-state index in [9.17, 15) is 29.4 Å². The van der Waals surface area contributed by atoms with Crippen molar-refractivity contribution in [3.05, 3.63) is 0 Å². The Bertz CT molecular complexity index is 561. The lowest BCUT2D eigenvalue weighted by Crippen LogP contribution is -2.60. The van der Waals surface area contributed by atoms with Crippen LogP contribution in [0.3, 0.4) is 0 Å². The minimum atomic E-state index is -1.44. The van der Waals surface area contributed by atoms with Gasteiger partial charge in [0.2, 0.25) is 17.7 Å². The van der Waals surface area contributed by atoms with E-state index in [0.717, 1.165) is 0 Å². The molecule has 6 unspecified atom stereocenters. The van der Waals surface area contributed by atoms with Gasteiger partial charge in [0.25, 0.3) is 0 Å². The quantitative estimate of drug-likeness (QED) is 0.155. The Hall–Kier alpha value is -1.89. The predicted octanol–water partition coefficient (Wildman–Crippen LogP) is -2.80. The average Bonchev–Trinajstić information content (AvgIpc) is 2.65. The van der Waals surface area contributed by atoms with Crippen LogP contribution in [-0.4, -0.2) is 81.6 Å². The fraction of sp³-hybridized carbons (Fsp3) is 0.750. The van der Waals surface area contributed by atoms with E-state index in [0.29, 0.717) is 6.42 Å². The van der Waals surface area contributed by atoms with Gasteiger partial charge >= 0.3 is 5.97 Å². The minimum absolute atomic E-state index is 0.152. The fourth-order valence-corrected chi connectivity index (χ4v) is 2.40. The van der Waals surface area contributed by atoms with Crippen molar-refractivity contribution < 1.29 is 34.5 Å². The third-order valence-electron chi connectivity index (χ3n) is 4.19. The molecule has 162 valence electrons. The molecule has 0 aromatic heterocycles. The Morgan fingerprint density at radius 2 is 1.54 bits per heavy atom. The number of carbonyl (C=O) groups excluding carboxylic acids is 3. The van der Waals surface area contributed by atoms with Gasteiger partial charge in [0.05, 0.1) is 12.7 Å². The van der Waals surface area contributed by atoms with Crippen LogP contribution in [0.2, 0.25) is 0 Å². The number of amides is 3. The van der Waals surface area contributed by atoms with E-state index < -0.39 is 60.6 Å². The van der Waals surface area contributed by atoms with Gasteiger partial charge in [-0.05, 0) is 12.8 Å². The van der Waals surface area contributed by atoms with Crippen LogP contribution >= 0.6 is 12.6 Å². The summed E-state index contributed by atoms with van der Waals surface area (Å²) in [6.07, 6.45) is -0.818. The van der Waals surface area contributed by atoms with Crippen molar-refractivity contribution in [1.29, 1.82) is 0 Å². The van der Waals surface area contributed by atoms with Crippen LogP contribution in [0.5, 0.6) is 0 Å². The molecule has 0 bridgehead atoms. The highest BCUT2D eigenvalue weighted by atomic mass is 32.1. The Morgan fingerprint density at radius 1 is 1.00 bits per heavy atom. The first kappa shape index (κ1) is 26.1. The molecule has 8 N–H and O–H groups in total. The van der Waals surface area contributed by atoms with Crippen molar-refractivity contribution in [2.45, 2.75) is 57.5 Å². The van der Waals surface area contributed by atoms with E-state index in [1.54, 1.807) is 13.8 Å². The van der Waals surface area contributed by atoms with E-state index in [1.165, 1.54) is 6.92 Å². The molecule has 0 saturated heterocycles. The number of carbonyl (C=O) groups is 4. The summed E-state index contributed by atoms with van der Waals surface area (Å²) in [4.78, 5) is 47.9. The molecule has 0 rings (SSSR count). The normalized spacial score (nSPS) is 17.4. The topological polar surface area (TPSA) is 191 Å². The van der Waals surface area contributed by atoms with Crippen molar-refractivity contribution >= 4 is 36.3 Å². The standard InChI is InChI=1S/C16H30N4O7S/c1-4-7(2)11(16(26)27)19-14(24)10(6-28)18-15(25)12(8(3)22)20-13(23)9(17)5-21/h7-12,21-22,28H,4-6,17H2,1-3H3,(H,18,25)(H,19,24)(H,20,23)(H,26,27). The molecule has 6 atom stereocenters. The average molecular weight is 423 g/mol. The Balaban J connectivity index is 5.18. The molecule has 28 heavy (non-hydrogen) atoms. The highest BCUT2D eigenvalue weighted by Crippen LogP contribution is 2.08. The molecule has 0 fully saturated rings. The third-order valence-corrected chi connectivity index (χ3v) is 4.55. The summed E-state index contributed by atoms with van der Waals surface area (Å²) in [6, 6.07) is -5.08. The number of hydrogen-bond acceptors (Lipinski definition) is 8. The zero-order valence-corrected chi connectivity index (χ0v) is 17.0. The smallest absolute Gasteiger partial charge is 0.326 e. The van der Waals surface area contributed by atoms with E-state index in [-0.39, 0.29) is 11.7 Å². The summed E-state index contributed by atoms with van der Waals surface area (Å²) < 4.78 is 0. The van der Waals surface area contributed by atoms with E-state index in [1.807, 2.05) is 0 Å². The maximum absolute atomic E-state index is 12.4. The second kappa shape index (κ2) is 12.5. The number of rotatable bonds is 12. The minimum Gasteiger partial charge on any atom is -0.480 e. The number of carboxylic acids is 1. The van der Waals surface area contributed by atoms with Gasteiger partial charge in [-0.15, -0.1) is 0 Å². The van der Waals surface area contributed by atoms with E-state index in [2.05, 4.69) is 28.6 Å². The van der Waals surface area contributed by atoms with Crippen LogP contribution in [0, 0.1) is 5.92 Å². The highest BCUT2D eigenvalue weighted by Gasteiger charge is 2.32. The van der Waals surface area contributed by atoms with E-state index >= 15 is 0 Å². The molecular weight excluding hydrogens is 392 g/mol. The predicted molar refractivity (Wildman–Crippen MR) is 103 cm³/mol. The van der Waals surface area contributed by atoms with Gasteiger partial charge in [-0.25, -0.2) is 4.79 Å². The number of nitrogens with two attached hydrogens (primary N) is 1. The molecule has 0 saturated carbocycles. The zero-order valence-electron chi connectivity index (χ0n) is 16.1. The summed E-state index contributed by atoms with van der Waals surface area (Å²) in [5, 5.41) is 34.8. The summed E-state index contributed by atoms with van der Waals surface area (Å²) in [6.45, 7) is 4.02. The summed E-state index contributed by atoms with van der Waals surface area (Å²) in [7, 11) is 0. The van der Waals surface area contributed by atoms with Gasteiger partial charge in [-0.2, -0.15) is 12.6 Å². The number of hydrogen-bond donors (Lipinski definition) is 8. The largest absolute Gasteiger partial charge is 0.480 e. The Morgan fingerprint density at radius 3 is 1.93 bits per heavy atom. The second-order valence-electron chi connectivity index (χ2n) is 6.47.